The number of ether oxygens (including phenoxy) is 1. The largest absolute Gasteiger partial charge is 0.481 e. The van der Waals surface area contributed by atoms with Crippen molar-refractivity contribution in [2.75, 3.05) is 5.32 Å². The van der Waals surface area contributed by atoms with Gasteiger partial charge in [0, 0.05) is 4.47 Å². The zero-order valence-electron chi connectivity index (χ0n) is 13.1. The van der Waals surface area contributed by atoms with Crippen molar-refractivity contribution in [3.8, 4) is 5.75 Å². The van der Waals surface area contributed by atoms with Gasteiger partial charge < -0.3 is 10.1 Å². The van der Waals surface area contributed by atoms with E-state index in [1.807, 2.05) is 31.2 Å². The lowest BCUT2D eigenvalue weighted by atomic mass is 10.1. The molecule has 0 aliphatic rings. The van der Waals surface area contributed by atoms with Crippen molar-refractivity contribution in [2.24, 2.45) is 0 Å². The highest BCUT2D eigenvalue weighted by Crippen LogP contribution is 2.21. The maximum absolute atomic E-state index is 13.8. The molecular formula is C18H19BrFNO2. The zero-order chi connectivity index (χ0) is 16.8. The Morgan fingerprint density at radius 3 is 2.48 bits per heavy atom. The lowest BCUT2D eigenvalue weighted by Crippen LogP contribution is -2.32. The first-order chi connectivity index (χ1) is 11.0. The van der Waals surface area contributed by atoms with E-state index in [9.17, 15) is 9.18 Å². The minimum absolute atomic E-state index is 0.140. The van der Waals surface area contributed by atoms with E-state index in [1.54, 1.807) is 6.07 Å². The Morgan fingerprint density at radius 1 is 1.22 bits per heavy atom. The highest BCUT2D eigenvalue weighted by Gasteiger charge is 2.19. The average Bonchev–Trinajstić information content (AvgIpc) is 2.55. The molecule has 1 atom stereocenters. The van der Waals surface area contributed by atoms with Gasteiger partial charge in [0.2, 0.25) is 0 Å². The number of rotatable bonds is 6. The summed E-state index contributed by atoms with van der Waals surface area (Å²) in [6.45, 7) is 3.92. The normalized spacial score (nSPS) is 11.8. The number of hydrogen-bond acceptors (Lipinski definition) is 2. The van der Waals surface area contributed by atoms with Crippen LogP contribution in [0.15, 0.2) is 46.9 Å². The summed E-state index contributed by atoms with van der Waals surface area (Å²) >= 11 is 3.18. The van der Waals surface area contributed by atoms with Crippen LogP contribution in [-0.2, 0) is 11.2 Å². The van der Waals surface area contributed by atoms with Gasteiger partial charge in [-0.2, -0.15) is 0 Å². The molecule has 122 valence electrons. The molecule has 0 bridgehead atoms. The lowest BCUT2D eigenvalue weighted by Gasteiger charge is -2.17. The third-order valence-corrected chi connectivity index (χ3v) is 3.96. The highest BCUT2D eigenvalue weighted by molar-refractivity contribution is 9.10. The molecular weight excluding hydrogens is 361 g/mol. The van der Waals surface area contributed by atoms with Gasteiger partial charge in [0.05, 0.1) is 5.69 Å². The molecule has 0 aliphatic heterocycles. The molecule has 23 heavy (non-hydrogen) atoms. The van der Waals surface area contributed by atoms with Crippen LogP contribution in [0, 0.1) is 5.82 Å². The molecule has 5 heteroatoms. The molecule has 0 radical (unpaired) electrons. The van der Waals surface area contributed by atoms with Gasteiger partial charge in [-0.1, -0.05) is 41.9 Å². The third kappa shape index (κ3) is 4.79. The molecule has 0 aliphatic carbocycles. The zero-order valence-corrected chi connectivity index (χ0v) is 14.7. The number of anilines is 1. The van der Waals surface area contributed by atoms with Crippen LogP contribution in [0.5, 0.6) is 5.75 Å². The average molecular weight is 380 g/mol. The van der Waals surface area contributed by atoms with Crippen LogP contribution >= 0.6 is 15.9 Å². The Hall–Kier alpha value is -1.88. The summed E-state index contributed by atoms with van der Waals surface area (Å²) in [4.78, 5) is 12.3. The van der Waals surface area contributed by atoms with E-state index < -0.39 is 11.9 Å². The van der Waals surface area contributed by atoms with E-state index in [1.165, 1.54) is 17.7 Å². The van der Waals surface area contributed by atoms with Gasteiger partial charge in [0.25, 0.3) is 5.91 Å². The molecule has 1 N–H and O–H groups in total. The Balaban J connectivity index is 2.05. The Kier molecular flexibility index (Phi) is 6.16. The number of aryl methyl sites for hydroxylation is 1. The highest BCUT2D eigenvalue weighted by atomic mass is 79.9. The van der Waals surface area contributed by atoms with Crippen molar-refractivity contribution in [1.29, 1.82) is 0 Å². The minimum atomic E-state index is -0.675. The quantitative estimate of drug-likeness (QED) is 0.771. The predicted octanol–water partition coefficient (Wildman–Crippen LogP) is 4.95. The summed E-state index contributed by atoms with van der Waals surface area (Å²) in [7, 11) is 0. The first kappa shape index (κ1) is 17.5. The number of benzene rings is 2. The van der Waals surface area contributed by atoms with Gasteiger partial charge >= 0.3 is 0 Å². The number of carbonyl (C=O) groups is 1. The molecule has 2 aromatic carbocycles. The lowest BCUT2D eigenvalue weighted by molar-refractivity contribution is -0.122. The summed E-state index contributed by atoms with van der Waals surface area (Å²) in [6.07, 6.45) is 0.755. The fourth-order valence-corrected chi connectivity index (χ4v) is 2.43. The van der Waals surface area contributed by atoms with Crippen molar-refractivity contribution in [3.05, 3.63) is 58.3 Å². The topological polar surface area (TPSA) is 38.3 Å². The fraction of sp³-hybridized carbons (Fsp3) is 0.278. The summed E-state index contributed by atoms with van der Waals surface area (Å²) < 4.78 is 20.1. The Bertz CT molecular complexity index is 673. The second kappa shape index (κ2) is 8.11. The van der Waals surface area contributed by atoms with Gasteiger partial charge in [0.15, 0.2) is 6.10 Å². The smallest absolute Gasteiger partial charge is 0.265 e. The van der Waals surface area contributed by atoms with Crippen LogP contribution < -0.4 is 10.1 Å². The van der Waals surface area contributed by atoms with Gasteiger partial charge in [0.1, 0.15) is 11.6 Å². The minimum Gasteiger partial charge on any atom is -0.481 e. The van der Waals surface area contributed by atoms with Gasteiger partial charge in [-0.25, -0.2) is 4.39 Å². The standard InChI is InChI=1S/C18H19BrFNO2/c1-3-12-5-8-14(9-6-12)23-17(4-2)18(22)21-16-10-7-13(19)11-15(16)20/h5-11,17H,3-4H2,1-2H3,(H,21,22). The Labute approximate surface area is 144 Å². The molecule has 1 unspecified atom stereocenters. The maximum Gasteiger partial charge on any atom is 0.265 e. The number of hydrogen-bond donors (Lipinski definition) is 1. The fourth-order valence-electron chi connectivity index (χ4n) is 2.09. The van der Waals surface area contributed by atoms with Crippen LogP contribution in [0.25, 0.3) is 0 Å². The van der Waals surface area contributed by atoms with E-state index in [0.717, 1.165) is 6.42 Å². The SMILES string of the molecule is CCc1ccc(OC(CC)C(=O)Nc2ccc(Br)cc2F)cc1. The number of amides is 1. The van der Waals surface area contributed by atoms with E-state index in [0.29, 0.717) is 16.6 Å². The molecule has 3 nitrogen and oxygen atoms in total. The first-order valence-electron chi connectivity index (χ1n) is 7.55. The van der Waals surface area contributed by atoms with Crippen molar-refractivity contribution in [1.82, 2.24) is 0 Å². The number of nitrogens with one attached hydrogen (secondary N) is 1. The van der Waals surface area contributed by atoms with Crippen LogP contribution in [0.3, 0.4) is 0 Å². The van der Waals surface area contributed by atoms with Crippen LogP contribution in [0.2, 0.25) is 0 Å². The summed E-state index contributed by atoms with van der Waals surface area (Å²) in [5.41, 5.74) is 1.34. The predicted molar refractivity (Wildman–Crippen MR) is 93.3 cm³/mol. The van der Waals surface area contributed by atoms with Crippen LogP contribution in [-0.4, -0.2) is 12.0 Å². The molecule has 0 spiro atoms. The van der Waals surface area contributed by atoms with E-state index in [4.69, 9.17) is 4.74 Å². The molecule has 0 fully saturated rings. The number of carbonyl (C=O) groups excluding carboxylic acids is 1. The summed E-state index contributed by atoms with van der Waals surface area (Å²) in [5, 5.41) is 2.57. The second-order valence-corrected chi connectivity index (χ2v) is 6.04. The monoisotopic (exact) mass is 379 g/mol. The van der Waals surface area contributed by atoms with E-state index in [2.05, 4.69) is 28.2 Å². The van der Waals surface area contributed by atoms with Crippen LogP contribution in [0.1, 0.15) is 25.8 Å². The van der Waals surface area contributed by atoms with Crippen LogP contribution in [0.4, 0.5) is 10.1 Å². The van der Waals surface area contributed by atoms with Gasteiger partial charge in [-0.05, 0) is 48.7 Å². The molecule has 1 amide bonds. The van der Waals surface area contributed by atoms with Gasteiger partial charge in [-0.15, -0.1) is 0 Å². The summed E-state index contributed by atoms with van der Waals surface area (Å²) in [5.74, 6) is -0.233. The third-order valence-electron chi connectivity index (χ3n) is 3.46. The molecule has 0 saturated heterocycles. The van der Waals surface area contributed by atoms with Crippen molar-refractivity contribution in [2.45, 2.75) is 32.8 Å². The summed E-state index contributed by atoms with van der Waals surface area (Å²) in [6, 6.07) is 12.1. The molecule has 2 rings (SSSR count). The van der Waals surface area contributed by atoms with Crippen molar-refractivity contribution in [3.63, 3.8) is 0 Å². The van der Waals surface area contributed by atoms with E-state index in [-0.39, 0.29) is 11.6 Å². The van der Waals surface area contributed by atoms with Crippen molar-refractivity contribution < 1.29 is 13.9 Å². The van der Waals surface area contributed by atoms with E-state index >= 15 is 0 Å². The molecule has 2 aromatic rings. The maximum atomic E-state index is 13.8. The second-order valence-electron chi connectivity index (χ2n) is 5.13. The number of halogens is 2. The Morgan fingerprint density at radius 2 is 1.91 bits per heavy atom. The first-order valence-corrected chi connectivity index (χ1v) is 8.34. The molecule has 0 aromatic heterocycles. The molecule has 0 saturated carbocycles. The van der Waals surface area contributed by atoms with Gasteiger partial charge in [-0.3, -0.25) is 4.79 Å². The van der Waals surface area contributed by atoms with Crippen molar-refractivity contribution >= 4 is 27.5 Å². The molecule has 0 heterocycles.